The van der Waals surface area contributed by atoms with E-state index in [1.54, 1.807) is 6.20 Å². The summed E-state index contributed by atoms with van der Waals surface area (Å²) in [6.07, 6.45) is 6.00. The van der Waals surface area contributed by atoms with E-state index in [9.17, 15) is 0 Å². The Morgan fingerprint density at radius 1 is 1.42 bits per heavy atom. The summed E-state index contributed by atoms with van der Waals surface area (Å²) in [7, 11) is 2.02. The Morgan fingerprint density at radius 3 is 3.16 bits per heavy atom. The number of benzene rings is 1. The number of nitrogens with one attached hydrogen (secondary N) is 1. The summed E-state index contributed by atoms with van der Waals surface area (Å²) >= 11 is 0. The molecule has 1 aromatic carbocycles. The Bertz CT molecular complexity index is 536. The van der Waals surface area contributed by atoms with Crippen molar-refractivity contribution >= 4 is 0 Å². The van der Waals surface area contributed by atoms with E-state index in [-0.39, 0.29) is 0 Å². The van der Waals surface area contributed by atoms with Crippen molar-refractivity contribution in [3.63, 3.8) is 0 Å². The van der Waals surface area contributed by atoms with Crippen LogP contribution in [0.1, 0.15) is 23.6 Å². The van der Waals surface area contributed by atoms with Crippen LogP contribution in [0.3, 0.4) is 0 Å². The molecule has 0 aliphatic heterocycles. The normalized spacial score (nSPS) is 17.4. The van der Waals surface area contributed by atoms with E-state index in [4.69, 9.17) is 4.74 Å². The number of rotatable bonds is 5. The van der Waals surface area contributed by atoms with Gasteiger partial charge in [-0.15, -0.1) is 0 Å². The maximum Gasteiger partial charge on any atom is 0.122 e. The maximum atomic E-state index is 5.93. The number of aromatic nitrogens is 2. The van der Waals surface area contributed by atoms with Crippen LogP contribution in [-0.2, 0) is 13.0 Å². The van der Waals surface area contributed by atoms with Crippen molar-refractivity contribution in [3.05, 3.63) is 47.8 Å². The topological polar surface area (TPSA) is 39.1 Å². The van der Waals surface area contributed by atoms with Gasteiger partial charge in [-0.05, 0) is 43.1 Å². The van der Waals surface area contributed by atoms with E-state index in [1.807, 2.05) is 24.0 Å². The molecular weight excluding hydrogens is 238 g/mol. The molecule has 4 heteroatoms. The van der Waals surface area contributed by atoms with E-state index in [0.717, 1.165) is 25.1 Å². The zero-order valence-electron chi connectivity index (χ0n) is 11.2. The Hall–Kier alpha value is -1.81. The van der Waals surface area contributed by atoms with E-state index < -0.39 is 0 Å². The molecule has 0 bridgehead atoms. The first-order chi connectivity index (χ1) is 9.38. The third-order valence-corrected chi connectivity index (χ3v) is 3.71. The Kier molecular flexibility index (Phi) is 3.51. The van der Waals surface area contributed by atoms with Gasteiger partial charge in [-0.1, -0.05) is 12.1 Å². The second-order valence-corrected chi connectivity index (χ2v) is 4.82. The second kappa shape index (κ2) is 5.45. The van der Waals surface area contributed by atoms with Crippen molar-refractivity contribution in [2.75, 3.05) is 13.7 Å². The highest BCUT2D eigenvalue weighted by molar-refractivity contribution is 5.45. The lowest BCUT2D eigenvalue weighted by Crippen LogP contribution is -2.13. The monoisotopic (exact) mass is 257 g/mol. The zero-order valence-corrected chi connectivity index (χ0v) is 11.2. The van der Waals surface area contributed by atoms with E-state index >= 15 is 0 Å². The number of ether oxygens (including phenoxy) is 1. The number of hydrogen-bond donors (Lipinski definition) is 1. The summed E-state index contributed by atoms with van der Waals surface area (Å²) in [5.74, 6) is 1.03. The van der Waals surface area contributed by atoms with E-state index in [0.29, 0.717) is 12.6 Å². The molecule has 0 spiro atoms. The average molecular weight is 257 g/mol. The van der Waals surface area contributed by atoms with Gasteiger partial charge in [0.2, 0.25) is 0 Å². The summed E-state index contributed by atoms with van der Waals surface area (Å²) in [5.41, 5.74) is 2.75. The molecule has 2 aromatic rings. The summed E-state index contributed by atoms with van der Waals surface area (Å²) in [6.45, 7) is 1.44. The zero-order chi connectivity index (χ0) is 13.1. The van der Waals surface area contributed by atoms with Crippen molar-refractivity contribution in [2.24, 2.45) is 0 Å². The molecule has 100 valence electrons. The van der Waals surface area contributed by atoms with Gasteiger partial charge in [0.1, 0.15) is 12.4 Å². The number of nitrogens with zero attached hydrogens (tertiary/aromatic N) is 2. The van der Waals surface area contributed by atoms with Gasteiger partial charge in [0, 0.05) is 18.4 Å². The standard InChI is InChI=1S/C15H19N3O/c1-16-14-7-6-13-12(14)4-2-5-15(13)19-11-10-18-9-3-8-17-18/h2-5,8-9,14,16H,6-7,10-11H2,1H3. The first kappa shape index (κ1) is 12.2. The van der Waals surface area contributed by atoms with E-state index in [2.05, 4.69) is 28.6 Å². The molecule has 19 heavy (non-hydrogen) atoms. The van der Waals surface area contributed by atoms with Crippen LogP contribution in [0, 0.1) is 0 Å². The van der Waals surface area contributed by atoms with E-state index in [1.165, 1.54) is 11.1 Å². The average Bonchev–Trinajstić information content (AvgIpc) is 3.07. The molecule has 0 radical (unpaired) electrons. The van der Waals surface area contributed by atoms with Crippen molar-refractivity contribution in [1.29, 1.82) is 0 Å². The van der Waals surface area contributed by atoms with Crippen LogP contribution in [0.2, 0.25) is 0 Å². The van der Waals surface area contributed by atoms with Crippen LogP contribution < -0.4 is 10.1 Å². The summed E-state index contributed by atoms with van der Waals surface area (Å²) in [4.78, 5) is 0. The van der Waals surface area contributed by atoms with Crippen molar-refractivity contribution in [1.82, 2.24) is 15.1 Å². The smallest absolute Gasteiger partial charge is 0.122 e. The third-order valence-electron chi connectivity index (χ3n) is 3.71. The van der Waals surface area contributed by atoms with Crippen molar-refractivity contribution < 1.29 is 4.74 Å². The van der Waals surface area contributed by atoms with Crippen LogP contribution in [0.4, 0.5) is 0 Å². The lowest BCUT2D eigenvalue weighted by atomic mass is 10.1. The number of hydrogen-bond acceptors (Lipinski definition) is 3. The molecule has 1 atom stereocenters. The summed E-state index contributed by atoms with van der Waals surface area (Å²) in [5, 5.41) is 7.53. The molecule has 1 unspecified atom stereocenters. The first-order valence-electron chi connectivity index (χ1n) is 6.78. The molecule has 0 amide bonds. The van der Waals surface area contributed by atoms with Gasteiger partial charge in [-0.2, -0.15) is 5.10 Å². The molecular formula is C15H19N3O. The molecule has 1 heterocycles. The molecule has 1 aliphatic carbocycles. The van der Waals surface area contributed by atoms with Crippen LogP contribution in [0.5, 0.6) is 5.75 Å². The molecule has 0 saturated carbocycles. The van der Waals surface area contributed by atoms with Gasteiger partial charge in [0.15, 0.2) is 0 Å². The van der Waals surface area contributed by atoms with Gasteiger partial charge in [-0.3, -0.25) is 4.68 Å². The minimum atomic E-state index is 0.477. The lowest BCUT2D eigenvalue weighted by Gasteiger charge is -2.13. The quantitative estimate of drug-likeness (QED) is 0.892. The van der Waals surface area contributed by atoms with Crippen molar-refractivity contribution in [3.8, 4) is 5.75 Å². The number of fused-ring (bicyclic) bond motifs is 1. The highest BCUT2D eigenvalue weighted by Gasteiger charge is 2.23. The SMILES string of the molecule is CNC1CCc2c(OCCn3cccn3)cccc21. The predicted molar refractivity (Wildman–Crippen MR) is 74.3 cm³/mol. The predicted octanol–water partition coefficient (Wildman–Crippen LogP) is 2.17. The highest BCUT2D eigenvalue weighted by Crippen LogP contribution is 2.36. The molecule has 4 nitrogen and oxygen atoms in total. The maximum absolute atomic E-state index is 5.93. The summed E-state index contributed by atoms with van der Waals surface area (Å²) < 4.78 is 7.81. The largest absolute Gasteiger partial charge is 0.491 e. The van der Waals surface area contributed by atoms with Crippen LogP contribution in [-0.4, -0.2) is 23.4 Å². The first-order valence-corrected chi connectivity index (χ1v) is 6.78. The van der Waals surface area contributed by atoms with Crippen molar-refractivity contribution in [2.45, 2.75) is 25.4 Å². The van der Waals surface area contributed by atoms with Crippen LogP contribution in [0.15, 0.2) is 36.7 Å². The Balaban J connectivity index is 1.67. The van der Waals surface area contributed by atoms with Gasteiger partial charge >= 0.3 is 0 Å². The lowest BCUT2D eigenvalue weighted by molar-refractivity contribution is 0.289. The minimum absolute atomic E-state index is 0.477. The molecule has 1 N–H and O–H groups in total. The third kappa shape index (κ3) is 2.49. The Morgan fingerprint density at radius 2 is 2.37 bits per heavy atom. The van der Waals surface area contributed by atoms with Gasteiger partial charge < -0.3 is 10.1 Å². The molecule has 1 aromatic heterocycles. The Labute approximate surface area is 113 Å². The minimum Gasteiger partial charge on any atom is -0.491 e. The summed E-state index contributed by atoms with van der Waals surface area (Å²) in [6, 6.07) is 8.75. The van der Waals surface area contributed by atoms with Gasteiger partial charge in [0.05, 0.1) is 6.54 Å². The molecule has 0 fully saturated rings. The molecule has 1 aliphatic rings. The van der Waals surface area contributed by atoms with Gasteiger partial charge in [-0.25, -0.2) is 0 Å². The molecule has 0 saturated heterocycles. The van der Waals surface area contributed by atoms with Crippen LogP contribution >= 0.6 is 0 Å². The fourth-order valence-corrected chi connectivity index (χ4v) is 2.74. The van der Waals surface area contributed by atoms with Gasteiger partial charge in [0.25, 0.3) is 0 Å². The fourth-order valence-electron chi connectivity index (χ4n) is 2.74. The fraction of sp³-hybridized carbons (Fsp3) is 0.400. The highest BCUT2D eigenvalue weighted by atomic mass is 16.5. The second-order valence-electron chi connectivity index (χ2n) is 4.82. The molecule has 3 rings (SSSR count). The van der Waals surface area contributed by atoms with Crippen LogP contribution in [0.25, 0.3) is 0 Å².